The van der Waals surface area contributed by atoms with E-state index in [2.05, 4.69) is 0 Å². The van der Waals surface area contributed by atoms with Crippen LogP contribution in [0.15, 0.2) is 60.7 Å². The predicted molar refractivity (Wildman–Crippen MR) is 73.0 cm³/mol. The highest BCUT2D eigenvalue weighted by Crippen LogP contribution is 2.54. The summed E-state index contributed by atoms with van der Waals surface area (Å²) < 4.78 is 0. The van der Waals surface area contributed by atoms with E-state index in [0.29, 0.717) is 5.56 Å². The molecule has 2 heteroatoms. The summed E-state index contributed by atoms with van der Waals surface area (Å²) in [6.07, 6.45) is 0.920. The topological polar surface area (TPSA) is 34.1 Å². The van der Waals surface area contributed by atoms with Gasteiger partial charge in [0.1, 0.15) is 6.29 Å². The first-order valence-corrected chi connectivity index (χ1v) is 6.42. The number of hydrogen-bond acceptors (Lipinski definition) is 2. The van der Waals surface area contributed by atoms with Gasteiger partial charge in [-0.3, -0.25) is 4.79 Å². The van der Waals surface area contributed by atoms with Crippen molar-refractivity contribution in [3.05, 3.63) is 71.8 Å². The Morgan fingerprint density at radius 1 is 0.895 bits per heavy atom. The van der Waals surface area contributed by atoms with Gasteiger partial charge in [0.2, 0.25) is 0 Å². The lowest BCUT2D eigenvalue weighted by Gasteiger charge is -2.00. The molecule has 94 valence electrons. The van der Waals surface area contributed by atoms with Crippen molar-refractivity contribution in [1.29, 1.82) is 0 Å². The second-order valence-corrected chi connectivity index (χ2v) is 4.91. The van der Waals surface area contributed by atoms with E-state index in [-0.39, 0.29) is 23.5 Å². The minimum atomic E-state index is -0.192. The molecule has 1 aliphatic carbocycles. The standard InChI is InChI=1S/C17H14O2/c18-11-14-15(12-7-3-1-4-8-12)16(14)17(19)13-9-5-2-6-10-13/h1-11,14-16H/t14-,15-,16-/m1/s1. The van der Waals surface area contributed by atoms with Gasteiger partial charge in [-0.1, -0.05) is 60.7 Å². The highest BCUT2D eigenvalue weighted by atomic mass is 16.1. The number of hydrogen-bond donors (Lipinski definition) is 0. The first-order chi connectivity index (χ1) is 9.33. The highest BCUT2D eigenvalue weighted by molar-refractivity contribution is 6.03. The van der Waals surface area contributed by atoms with Crippen molar-refractivity contribution in [3.63, 3.8) is 0 Å². The van der Waals surface area contributed by atoms with Crippen molar-refractivity contribution in [3.8, 4) is 0 Å². The van der Waals surface area contributed by atoms with Gasteiger partial charge < -0.3 is 4.79 Å². The minimum absolute atomic E-state index is 0.0476. The molecule has 0 spiro atoms. The summed E-state index contributed by atoms with van der Waals surface area (Å²) in [4.78, 5) is 23.5. The Balaban J connectivity index is 1.86. The van der Waals surface area contributed by atoms with Gasteiger partial charge in [0.05, 0.1) is 0 Å². The van der Waals surface area contributed by atoms with Crippen LogP contribution in [-0.2, 0) is 4.79 Å². The third kappa shape index (κ3) is 2.10. The van der Waals surface area contributed by atoms with E-state index in [0.717, 1.165) is 11.8 Å². The first-order valence-electron chi connectivity index (χ1n) is 6.42. The van der Waals surface area contributed by atoms with Crippen LogP contribution in [0.3, 0.4) is 0 Å². The van der Waals surface area contributed by atoms with Gasteiger partial charge in [0, 0.05) is 23.3 Å². The van der Waals surface area contributed by atoms with Gasteiger partial charge in [-0.05, 0) is 5.56 Å². The third-order valence-corrected chi connectivity index (χ3v) is 3.78. The van der Waals surface area contributed by atoms with E-state index < -0.39 is 0 Å². The molecule has 3 atom stereocenters. The van der Waals surface area contributed by atoms with Gasteiger partial charge in [0.25, 0.3) is 0 Å². The molecule has 0 unspecified atom stereocenters. The Morgan fingerprint density at radius 3 is 2.05 bits per heavy atom. The Labute approximate surface area is 112 Å². The maximum absolute atomic E-state index is 12.4. The van der Waals surface area contributed by atoms with E-state index in [1.54, 1.807) is 0 Å². The van der Waals surface area contributed by atoms with Crippen LogP contribution in [0.5, 0.6) is 0 Å². The zero-order chi connectivity index (χ0) is 13.2. The molecule has 0 aliphatic heterocycles. The van der Waals surface area contributed by atoms with E-state index in [9.17, 15) is 9.59 Å². The molecular weight excluding hydrogens is 236 g/mol. The van der Waals surface area contributed by atoms with Crippen LogP contribution >= 0.6 is 0 Å². The number of carbonyl (C=O) groups is 2. The molecule has 1 aliphatic rings. The fraction of sp³-hybridized carbons (Fsp3) is 0.176. The minimum Gasteiger partial charge on any atom is -0.303 e. The summed E-state index contributed by atoms with van der Waals surface area (Å²) in [5.74, 6) is -0.240. The number of aldehydes is 1. The zero-order valence-electron chi connectivity index (χ0n) is 10.4. The molecule has 0 N–H and O–H groups in total. The zero-order valence-corrected chi connectivity index (χ0v) is 10.4. The summed E-state index contributed by atoms with van der Waals surface area (Å²) in [6.45, 7) is 0. The van der Waals surface area contributed by atoms with Crippen molar-refractivity contribution >= 4 is 12.1 Å². The number of carbonyl (C=O) groups excluding carboxylic acids is 2. The van der Waals surface area contributed by atoms with Crippen molar-refractivity contribution < 1.29 is 9.59 Å². The molecule has 3 rings (SSSR count). The highest BCUT2D eigenvalue weighted by Gasteiger charge is 2.55. The van der Waals surface area contributed by atoms with Crippen LogP contribution in [0.1, 0.15) is 21.8 Å². The summed E-state index contributed by atoms with van der Waals surface area (Å²) in [5.41, 5.74) is 1.77. The molecule has 0 heterocycles. The van der Waals surface area contributed by atoms with Crippen LogP contribution in [-0.4, -0.2) is 12.1 Å². The first kappa shape index (κ1) is 11.8. The normalized spacial score (nSPS) is 24.7. The second kappa shape index (κ2) is 4.81. The Hall–Kier alpha value is -2.22. The average molecular weight is 250 g/mol. The molecule has 0 saturated heterocycles. The lowest BCUT2D eigenvalue weighted by atomic mass is 10.0. The second-order valence-electron chi connectivity index (χ2n) is 4.91. The molecule has 1 saturated carbocycles. The molecule has 1 fully saturated rings. The molecule has 0 amide bonds. The fourth-order valence-electron chi connectivity index (χ4n) is 2.74. The molecule has 2 nitrogen and oxygen atoms in total. The van der Waals surface area contributed by atoms with Crippen molar-refractivity contribution in [2.45, 2.75) is 5.92 Å². The van der Waals surface area contributed by atoms with Crippen molar-refractivity contribution in [1.82, 2.24) is 0 Å². The molecule has 0 aromatic heterocycles. The van der Waals surface area contributed by atoms with Gasteiger partial charge in [-0.25, -0.2) is 0 Å². The Kier molecular flexibility index (Phi) is 3.00. The molecule has 19 heavy (non-hydrogen) atoms. The fourth-order valence-corrected chi connectivity index (χ4v) is 2.74. The number of benzene rings is 2. The van der Waals surface area contributed by atoms with E-state index in [1.807, 2.05) is 60.7 Å². The largest absolute Gasteiger partial charge is 0.303 e. The summed E-state index contributed by atoms with van der Waals surface area (Å²) in [7, 11) is 0. The maximum Gasteiger partial charge on any atom is 0.167 e. The van der Waals surface area contributed by atoms with Crippen molar-refractivity contribution in [2.24, 2.45) is 11.8 Å². The Bertz CT molecular complexity index is 589. The smallest absolute Gasteiger partial charge is 0.167 e. The summed E-state index contributed by atoms with van der Waals surface area (Å²) in [5, 5.41) is 0. The number of ketones is 1. The molecule has 2 aromatic rings. The lowest BCUT2D eigenvalue weighted by molar-refractivity contribution is -0.109. The third-order valence-electron chi connectivity index (χ3n) is 3.78. The monoisotopic (exact) mass is 250 g/mol. The molecule has 2 aromatic carbocycles. The molecular formula is C17H14O2. The van der Waals surface area contributed by atoms with Crippen molar-refractivity contribution in [2.75, 3.05) is 0 Å². The van der Waals surface area contributed by atoms with Crippen LogP contribution in [0, 0.1) is 11.8 Å². The van der Waals surface area contributed by atoms with Crippen LogP contribution in [0.2, 0.25) is 0 Å². The van der Waals surface area contributed by atoms with E-state index in [4.69, 9.17) is 0 Å². The van der Waals surface area contributed by atoms with Gasteiger partial charge in [-0.15, -0.1) is 0 Å². The molecule has 0 radical (unpaired) electrons. The van der Waals surface area contributed by atoms with E-state index >= 15 is 0 Å². The van der Waals surface area contributed by atoms with Gasteiger partial charge >= 0.3 is 0 Å². The average Bonchev–Trinajstić information content (AvgIpc) is 3.22. The van der Waals surface area contributed by atoms with Crippen LogP contribution < -0.4 is 0 Å². The summed E-state index contributed by atoms with van der Waals surface area (Å²) in [6, 6.07) is 19.0. The number of rotatable bonds is 4. The quantitative estimate of drug-likeness (QED) is 0.617. The maximum atomic E-state index is 12.4. The number of Topliss-reactive ketones (excluding diaryl/α,β-unsaturated/α-hetero) is 1. The van der Waals surface area contributed by atoms with E-state index in [1.165, 1.54) is 0 Å². The van der Waals surface area contributed by atoms with Crippen LogP contribution in [0.4, 0.5) is 0 Å². The Morgan fingerprint density at radius 2 is 1.47 bits per heavy atom. The van der Waals surface area contributed by atoms with Gasteiger partial charge in [-0.2, -0.15) is 0 Å². The lowest BCUT2D eigenvalue weighted by Crippen LogP contribution is -2.04. The predicted octanol–water partition coefficient (Wildman–Crippen LogP) is 3.10. The van der Waals surface area contributed by atoms with Gasteiger partial charge in [0.15, 0.2) is 5.78 Å². The van der Waals surface area contributed by atoms with Crippen LogP contribution in [0.25, 0.3) is 0 Å². The summed E-state index contributed by atoms with van der Waals surface area (Å²) >= 11 is 0. The SMILES string of the molecule is O=C[C@H]1[C@@H](C(=O)c2ccccc2)[C@@H]1c1ccccc1. The molecule has 0 bridgehead atoms.